The summed E-state index contributed by atoms with van der Waals surface area (Å²) in [5, 5.41) is 14.9. The molecule has 0 aliphatic heterocycles. The lowest BCUT2D eigenvalue weighted by Crippen LogP contribution is -2.39. The maximum atomic E-state index is 5.09. The first kappa shape index (κ1) is 22.4. The van der Waals surface area contributed by atoms with Crippen molar-refractivity contribution in [1.82, 2.24) is 25.4 Å². The summed E-state index contributed by atoms with van der Waals surface area (Å²) in [6.07, 6.45) is 2.08. The van der Waals surface area contributed by atoms with Crippen LogP contribution in [0.3, 0.4) is 0 Å². The number of guanidine groups is 1. The highest BCUT2D eigenvalue weighted by Gasteiger charge is 2.05. The van der Waals surface area contributed by atoms with Gasteiger partial charge in [-0.25, -0.2) is 4.99 Å². The first-order chi connectivity index (χ1) is 12.2. The van der Waals surface area contributed by atoms with Crippen LogP contribution in [0.2, 0.25) is 0 Å². The topological polar surface area (TPSA) is 76.4 Å². The summed E-state index contributed by atoms with van der Waals surface area (Å²) in [7, 11) is 3.64. The number of nitrogens with one attached hydrogen (secondary N) is 2. The van der Waals surface area contributed by atoms with Gasteiger partial charge >= 0.3 is 0 Å². The van der Waals surface area contributed by atoms with Crippen LogP contribution in [0.25, 0.3) is 0 Å². The normalized spacial score (nSPS) is 11.1. The molecule has 0 fully saturated rings. The Labute approximate surface area is 172 Å². The van der Waals surface area contributed by atoms with Crippen molar-refractivity contribution in [3.63, 3.8) is 0 Å². The number of aryl methyl sites for hydroxylation is 2. The summed E-state index contributed by atoms with van der Waals surface area (Å²) >= 11 is 0. The van der Waals surface area contributed by atoms with Crippen LogP contribution in [0, 0.1) is 6.92 Å². The van der Waals surface area contributed by atoms with Crippen molar-refractivity contribution in [2.45, 2.75) is 26.3 Å². The lowest BCUT2D eigenvalue weighted by atomic mass is 10.1. The van der Waals surface area contributed by atoms with Gasteiger partial charge in [-0.3, -0.25) is 0 Å². The first-order valence-electron chi connectivity index (χ1n) is 8.60. The molecule has 0 bridgehead atoms. The maximum Gasteiger partial charge on any atom is 0.191 e. The molecule has 0 radical (unpaired) electrons. The molecule has 1 heterocycles. The van der Waals surface area contributed by atoms with E-state index in [2.05, 4.69) is 50.1 Å². The largest absolute Gasteiger partial charge is 0.383 e. The van der Waals surface area contributed by atoms with E-state index in [9.17, 15) is 0 Å². The Balaban J connectivity index is 0.00000338. The zero-order chi connectivity index (χ0) is 17.9. The molecular formula is C18H29IN6O. The van der Waals surface area contributed by atoms with Crippen LogP contribution < -0.4 is 10.6 Å². The number of rotatable bonds is 9. The number of benzene rings is 1. The molecule has 0 saturated carbocycles. The highest BCUT2D eigenvalue weighted by molar-refractivity contribution is 14.0. The van der Waals surface area contributed by atoms with Crippen LogP contribution in [0.1, 0.15) is 23.6 Å². The lowest BCUT2D eigenvalue weighted by molar-refractivity contribution is 0.203. The quantitative estimate of drug-likeness (QED) is 0.253. The Morgan fingerprint density at radius 3 is 2.54 bits per heavy atom. The Morgan fingerprint density at radius 1 is 1.15 bits per heavy atom. The van der Waals surface area contributed by atoms with E-state index in [0.717, 1.165) is 37.0 Å². The van der Waals surface area contributed by atoms with Crippen LogP contribution in [-0.4, -0.2) is 47.5 Å². The van der Waals surface area contributed by atoms with E-state index >= 15 is 0 Å². The summed E-state index contributed by atoms with van der Waals surface area (Å²) in [5.74, 6) is 2.50. The van der Waals surface area contributed by atoms with Gasteiger partial charge in [0.05, 0.1) is 6.61 Å². The van der Waals surface area contributed by atoms with Gasteiger partial charge in [-0.1, -0.05) is 30.3 Å². The third kappa shape index (κ3) is 7.69. The number of hydrogen-bond donors (Lipinski definition) is 2. The van der Waals surface area contributed by atoms with Gasteiger partial charge in [0.1, 0.15) is 12.4 Å². The van der Waals surface area contributed by atoms with Gasteiger partial charge in [-0.05, 0) is 25.3 Å². The van der Waals surface area contributed by atoms with E-state index in [-0.39, 0.29) is 24.0 Å². The third-order valence-corrected chi connectivity index (χ3v) is 3.94. The number of hydrogen-bond acceptors (Lipinski definition) is 4. The van der Waals surface area contributed by atoms with Crippen molar-refractivity contribution in [1.29, 1.82) is 0 Å². The van der Waals surface area contributed by atoms with E-state index in [1.807, 2.05) is 24.6 Å². The van der Waals surface area contributed by atoms with Gasteiger partial charge in [0.15, 0.2) is 11.8 Å². The molecule has 1 aromatic carbocycles. The summed E-state index contributed by atoms with van der Waals surface area (Å²) in [5.41, 5.74) is 1.35. The van der Waals surface area contributed by atoms with Crippen molar-refractivity contribution >= 4 is 29.9 Å². The summed E-state index contributed by atoms with van der Waals surface area (Å²) < 4.78 is 7.04. The van der Waals surface area contributed by atoms with Crippen molar-refractivity contribution in [2.24, 2.45) is 12.0 Å². The number of aromatic nitrogens is 3. The molecule has 0 unspecified atom stereocenters. The van der Waals surface area contributed by atoms with Gasteiger partial charge in [-0.2, -0.15) is 0 Å². The Hall–Kier alpha value is -1.68. The van der Waals surface area contributed by atoms with Crippen molar-refractivity contribution in [2.75, 3.05) is 26.8 Å². The molecule has 2 N–H and O–H groups in total. The van der Waals surface area contributed by atoms with Gasteiger partial charge in [-0.15, -0.1) is 34.2 Å². The monoisotopic (exact) mass is 472 g/mol. The molecule has 0 spiro atoms. The van der Waals surface area contributed by atoms with Gasteiger partial charge < -0.3 is 19.9 Å². The first-order valence-corrected chi connectivity index (χ1v) is 8.60. The second-order valence-electron chi connectivity index (χ2n) is 5.82. The molecule has 2 aromatic rings. The Kier molecular flexibility index (Phi) is 10.9. The zero-order valence-corrected chi connectivity index (χ0v) is 18.1. The highest BCUT2D eigenvalue weighted by atomic mass is 127. The number of aliphatic imine (C=N–C) groups is 1. The molecule has 0 aliphatic rings. The predicted octanol–water partition coefficient (Wildman–Crippen LogP) is 2.06. The zero-order valence-electron chi connectivity index (χ0n) is 15.7. The second kappa shape index (κ2) is 12.6. The van der Waals surface area contributed by atoms with Crippen molar-refractivity contribution in [3.8, 4) is 0 Å². The SMILES string of the molecule is COCCNC(=NCc1nnc(C)n1C)NCCCc1ccccc1.I. The van der Waals surface area contributed by atoms with Crippen LogP contribution in [0.4, 0.5) is 0 Å². The third-order valence-electron chi connectivity index (χ3n) is 3.94. The number of halogens is 1. The number of ether oxygens (including phenoxy) is 1. The van der Waals surface area contributed by atoms with Crippen LogP contribution in [0.15, 0.2) is 35.3 Å². The van der Waals surface area contributed by atoms with Gasteiger partial charge in [0.25, 0.3) is 0 Å². The molecule has 0 aliphatic carbocycles. The Morgan fingerprint density at radius 2 is 1.88 bits per heavy atom. The van der Waals surface area contributed by atoms with E-state index in [4.69, 9.17) is 4.74 Å². The van der Waals surface area contributed by atoms with E-state index in [1.54, 1.807) is 7.11 Å². The second-order valence-corrected chi connectivity index (χ2v) is 5.82. The summed E-state index contributed by atoms with van der Waals surface area (Å²) in [6, 6.07) is 10.5. The average molecular weight is 472 g/mol. The minimum Gasteiger partial charge on any atom is -0.383 e. The molecule has 0 amide bonds. The molecule has 144 valence electrons. The minimum atomic E-state index is 0. The van der Waals surface area contributed by atoms with E-state index < -0.39 is 0 Å². The van der Waals surface area contributed by atoms with Crippen LogP contribution in [-0.2, 0) is 24.8 Å². The van der Waals surface area contributed by atoms with Crippen molar-refractivity contribution in [3.05, 3.63) is 47.5 Å². The fourth-order valence-electron chi connectivity index (χ4n) is 2.33. The van der Waals surface area contributed by atoms with Gasteiger partial charge in [0.2, 0.25) is 0 Å². The number of nitrogens with zero attached hydrogens (tertiary/aromatic N) is 4. The number of methoxy groups -OCH3 is 1. The maximum absolute atomic E-state index is 5.09. The molecule has 2 rings (SSSR count). The molecular weight excluding hydrogens is 443 g/mol. The molecule has 0 saturated heterocycles. The van der Waals surface area contributed by atoms with Crippen molar-refractivity contribution < 1.29 is 4.74 Å². The molecule has 1 aromatic heterocycles. The van der Waals surface area contributed by atoms with Gasteiger partial charge in [0, 0.05) is 27.2 Å². The lowest BCUT2D eigenvalue weighted by Gasteiger charge is -2.12. The minimum absolute atomic E-state index is 0. The fourth-order valence-corrected chi connectivity index (χ4v) is 2.33. The van der Waals surface area contributed by atoms with Crippen LogP contribution >= 0.6 is 24.0 Å². The Bertz CT molecular complexity index is 659. The van der Waals surface area contributed by atoms with E-state index in [1.165, 1.54) is 5.56 Å². The standard InChI is InChI=1S/C18H28N6O.HI/c1-15-22-23-17(24(15)2)14-21-18(20-12-13-25-3)19-11-7-10-16-8-5-4-6-9-16;/h4-6,8-9H,7,10-14H2,1-3H3,(H2,19,20,21);1H. The molecule has 26 heavy (non-hydrogen) atoms. The predicted molar refractivity (Wildman–Crippen MR) is 115 cm³/mol. The van der Waals surface area contributed by atoms with E-state index in [0.29, 0.717) is 19.7 Å². The molecule has 7 nitrogen and oxygen atoms in total. The fraction of sp³-hybridized carbons (Fsp3) is 0.500. The summed E-state index contributed by atoms with van der Waals surface area (Å²) in [4.78, 5) is 4.60. The average Bonchev–Trinajstić information content (AvgIpc) is 2.95. The molecule has 8 heteroatoms. The van der Waals surface area contributed by atoms with Crippen LogP contribution in [0.5, 0.6) is 0 Å². The smallest absolute Gasteiger partial charge is 0.191 e. The summed E-state index contributed by atoms with van der Waals surface area (Å²) in [6.45, 7) is 4.61. The highest BCUT2D eigenvalue weighted by Crippen LogP contribution is 2.02. The molecule has 0 atom stereocenters.